The number of hydrogen-bond acceptors (Lipinski definition) is 3. The van der Waals surface area contributed by atoms with Crippen LogP contribution in [0.25, 0.3) is 0 Å². The monoisotopic (exact) mass is 168 g/mol. The van der Waals surface area contributed by atoms with E-state index in [0.717, 1.165) is 6.42 Å². The van der Waals surface area contributed by atoms with Gasteiger partial charge in [-0.1, -0.05) is 13.0 Å². The highest BCUT2D eigenvalue weighted by molar-refractivity contribution is 6.00. The molecule has 0 aliphatic carbocycles. The molecular weight excluding hydrogens is 156 g/mol. The van der Waals surface area contributed by atoms with Gasteiger partial charge in [-0.15, -0.1) is 0 Å². The van der Waals surface area contributed by atoms with Crippen molar-refractivity contribution in [3.05, 3.63) is 23.5 Å². The minimum Gasteiger partial charge on any atom is -0.457 e. The van der Waals surface area contributed by atoms with E-state index >= 15 is 0 Å². The van der Waals surface area contributed by atoms with Crippen molar-refractivity contribution in [1.29, 1.82) is 0 Å². The molecule has 0 aromatic carbocycles. The number of carbonyl (C=O) groups is 1. The Labute approximate surface area is 71.3 Å². The number of carbonyl (C=O) groups excluding carboxylic acids is 1. The second-order valence-electron chi connectivity index (χ2n) is 2.63. The highest BCUT2D eigenvalue weighted by Crippen LogP contribution is 2.20. The van der Waals surface area contributed by atoms with Gasteiger partial charge in [-0.25, -0.2) is 0 Å². The lowest BCUT2D eigenvalue weighted by Gasteiger charge is -2.00. The van der Waals surface area contributed by atoms with Crippen molar-refractivity contribution in [1.82, 2.24) is 0 Å². The first kappa shape index (κ1) is 9.00. The van der Waals surface area contributed by atoms with Gasteiger partial charge in [-0.2, -0.15) is 0 Å². The topological polar surface area (TPSA) is 46.5 Å². The summed E-state index contributed by atoms with van der Waals surface area (Å²) in [6.07, 6.45) is 3.18. The maximum absolute atomic E-state index is 11.0. The zero-order valence-electron chi connectivity index (χ0n) is 7.20. The van der Waals surface area contributed by atoms with Gasteiger partial charge >= 0.3 is 0 Å². The molecule has 66 valence electrons. The van der Waals surface area contributed by atoms with E-state index in [4.69, 9.17) is 9.84 Å². The Morgan fingerprint density at radius 3 is 2.75 bits per heavy atom. The molecule has 12 heavy (non-hydrogen) atoms. The number of aliphatic hydroxyl groups is 1. The van der Waals surface area contributed by atoms with Crippen molar-refractivity contribution >= 4 is 5.78 Å². The standard InChI is InChI=1S/C9H12O3/c1-3-4-5-7-6(2)8(10)9(11)12-7/h4-5,9,11H,3H2,1-2H3/b5-4+/t9-/m0/s1. The molecule has 0 saturated carbocycles. The van der Waals surface area contributed by atoms with E-state index in [9.17, 15) is 4.79 Å². The molecule has 0 radical (unpaired) electrons. The van der Waals surface area contributed by atoms with Crippen LogP contribution in [0.1, 0.15) is 20.3 Å². The van der Waals surface area contributed by atoms with Gasteiger partial charge < -0.3 is 9.84 Å². The molecule has 1 N–H and O–H groups in total. The van der Waals surface area contributed by atoms with Crippen molar-refractivity contribution in [2.24, 2.45) is 0 Å². The summed E-state index contributed by atoms with van der Waals surface area (Å²) in [5, 5.41) is 8.99. The summed E-state index contributed by atoms with van der Waals surface area (Å²) < 4.78 is 4.89. The van der Waals surface area contributed by atoms with E-state index in [-0.39, 0.29) is 5.78 Å². The molecule has 1 aliphatic heterocycles. The minimum absolute atomic E-state index is 0.342. The van der Waals surface area contributed by atoms with Gasteiger partial charge in [0.15, 0.2) is 0 Å². The fourth-order valence-electron chi connectivity index (χ4n) is 0.958. The van der Waals surface area contributed by atoms with Crippen molar-refractivity contribution in [3.8, 4) is 0 Å². The molecule has 1 atom stereocenters. The van der Waals surface area contributed by atoms with Crippen molar-refractivity contribution < 1.29 is 14.6 Å². The highest BCUT2D eigenvalue weighted by atomic mass is 16.6. The van der Waals surface area contributed by atoms with Gasteiger partial charge in [0.1, 0.15) is 5.76 Å². The van der Waals surface area contributed by atoms with Crippen molar-refractivity contribution in [2.45, 2.75) is 26.6 Å². The van der Waals surface area contributed by atoms with Crippen LogP contribution in [0.3, 0.4) is 0 Å². The van der Waals surface area contributed by atoms with Gasteiger partial charge in [0.05, 0.1) is 0 Å². The maximum Gasteiger partial charge on any atom is 0.261 e. The Balaban J connectivity index is 2.78. The van der Waals surface area contributed by atoms with Crippen LogP contribution in [0.5, 0.6) is 0 Å². The number of aliphatic hydroxyl groups excluding tert-OH is 1. The van der Waals surface area contributed by atoms with Gasteiger partial charge in [0.25, 0.3) is 6.29 Å². The van der Waals surface area contributed by atoms with Crippen LogP contribution in [0.15, 0.2) is 23.5 Å². The molecule has 0 amide bonds. The lowest BCUT2D eigenvalue weighted by Crippen LogP contribution is -2.15. The smallest absolute Gasteiger partial charge is 0.261 e. The summed E-state index contributed by atoms with van der Waals surface area (Å²) in [7, 11) is 0. The third-order valence-electron chi connectivity index (χ3n) is 1.71. The minimum atomic E-state index is -1.29. The predicted octanol–water partition coefficient (Wildman–Crippen LogP) is 1.14. The molecule has 0 aromatic rings. The Bertz CT molecular complexity index is 250. The van der Waals surface area contributed by atoms with Gasteiger partial charge in [0, 0.05) is 5.57 Å². The van der Waals surface area contributed by atoms with Crippen LogP contribution in [-0.2, 0) is 9.53 Å². The summed E-state index contributed by atoms with van der Waals surface area (Å²) in [5.41, 5.74) is 0.493. The van der Waals surface area contributed by atoms with Crippen LogP contribution in [-0.4, -0.2) is 17.2 Å². The third kappa shape index (κ3) is 1.56. The van der Waals surface area contributed by atoms with Crippen LogP contribution < -0.4 is 0 Å². The molecule has 0 bridgehead atoms. The molecule has 0 aromatic heterocycles. The third-order valence-corrected chi connectivity index (χ3v) is 1.71. The fourth-order valence-corrected chi connectivity index (χ4v) is 0.958. The van der Waals surface area contributed by atoms with Crippen molar-refractivity contribution in [2.75, 3.05) is 0 Å². The molecule has 0 fully saturated rings. The first-order chi connectivity index (χ1) is 5.66. The Kier molecular flexibility index (Phi) is 2.65. The summed E-state index contributed by atoms with van der Waals surface area (Å²) in [6, 6.07) is 0. The molecule has 0 unspecified atom stereocenters. The molecule has 3 heteroatoms. The number of Topliss-reactive ketones (excluding diaryl/α,β-unsaturated/α-hetero) is 1. The molecule has 3 nitrogen and oxygen atoms in total. The second kappa shape index (κ2) is 3.54. The average molecular weight is 168 g/mol. The highest BCUT2D eigenvalue weighted by Gasteiger charge is 2.28. The largest absolute Gasteiger partial charge is 0.457 e. The molecular formula is C9H12O3. The Morgan fingerprint density at radius 1 is 1.67 bits per heavy atom. The van der Waals surface area contributed by atoms with Gasteiger partial charge in [0.2, 0.25) is 5.78 Å². The Hall–Kier alpha value is -1.09. The SMILES string of the molecule is CC/C=C/C1=C(C)C(=O)[C@@H](O)O1. The van der Waals surface area contributed by atoms with Gasteiger partial charge in [-0.3, -0.25) is 4.79 Å². The average Bonchev–Trinajstić information content (AvgIpc) is 2.30. The molecule has 0 spiro atoms. The first-order valence-corrected chi connectivity index (χ1v) is 3.93. The lowest BCUT2D eigenvalue weighted by molar-refractivity contribution is -0.137. The quantitative estimate of drug-likeness (QED) is 0.672. The van der Waals surface area contributed by atoms with Crippen LogP contribution >= 0.6 is 0 Å². The normalized spacial score (nSPS) is 23.9. The molecule has 1 heterocycles. The number of rotatable bonds is 2. The summed E-state index contributed by atoms with van der Waals surface area (Å²) in [5.74, 6) is 0.139. The number of hydrogen-bond donors (Lipinski definition) is 1. The summed E-state index contributed by atoms with van der Waals surface area (Å²) in [6.45, 7) is 3.63. The number of ether oxygens (including phenoxy) is 1. The summed E-state index contributed by atoms with van der Waals surface area (Å²) in [4.78, 5) is 11.0. The number of ketones is 1. The van der Waals surface area contributed by atoms with Crippen LogP contribution in [0.4, 0.5) is 0 Å². The zero-order valence-corrected chi connectivity index (χ0v) is 7.20. The van der Waals surface area contributed by atoms with E-state index < -0.39 is 6.29 Å². The van der Waals surface area contributed by atoms with E-state index in [2.05, 4.69) is 0 Å². The van der Waals surface area contributed by atoms with Crippen LogP contribution in [0, 0.1) is 0 Å². The maximum atomic E-state index is 11.0. The van der Waals surface area contributed by atoms with E-state index in [1.54, 1.807) is 13.0 Å². The summed E-state index contributed by atoms with van der Waals surface area (Å²) >= 11 is 0. The number of allylic oxidation sites excluding steroid dienone is 2. The Morgan fingerprint density at radius 2 is 2.33 bits per heavy atom. The van der Waals surface area contributed by atoms with Crippen molar-refractivity contribution in [3.63, 3.8) is 0 Å². The lowest BCUT2D eigenvalue weighted by atomic mass is 10.2. The first-order valence-electron chi connectivity index (χ1n) is 3.93. The van der Waals surface area contributed by atoms with Gasteiger partial charge in [-0.05, 0) is 19.4 Å². The second-order valence-corrected chi connectivity index (χ2v) is 2.63. The van der Waals surface area contributed by atoms with E-state index in [1.165, 1.54) is 0 Å². The molecule has 1 aliphatic rings. The van der Waals surface area contributed by atoms with E-state index in [1.807, 2.05) is 13.0 Å². The van der Waals surface area contributed by atoms with E-state index in [0.29, 0.717) is 11.3 Å². The fraction of sp³-hybridized carbons (Fsp3) is 0.444. The van der Waals surface area contributed by atoms with Crippen LogP contribution in [0.2, 0.25) is 0 Å². The molecule has 0 saturated heterocycles. The molecule has 1 rings (SSSR count). The predicted molar refractivity (Wildman–Crippen MR) is 44.2 cm³/mol. The zero-order chi connectivity index (χ0) is 9.14.